The second-order valence-electron chi connectivity index (χ2n) is 2.09. The predicted molar refractivity (Wildman–Crippen MR) is 27.3 cm³/mol. The molecule has 0 aromatic heterocycles. The Morgan fingerprint density at radius 2 is 2.38 bits per heavy atom. The van der Waals surface area contributed by atoms with E-state index in [1.54, 1.807) is 0 Å². The van der Waals surface area contributed by atoms with Gasteiger partial charge in [-0.15, -0.1) is 0 Å². The molecule has 0 aromatic rings. The number of hydrogen-bond donors (Lipinski definition) is 1. The molecule has 2 atom stereocenters. The first kappa shape index (κ1) is 5.95. The van der Waals surface area contributed by atoms with Crippen LogP contribution in [0.1, 0.15) is 6.42 Å². The first-order valence-electron chi connectivity index (χ1n) is 2.76. The van der Waals surface area contributed by atoms with Crippen LogP contribution in [-0.4, -0.2) is 25.4 Å². The largest absolute Gasteiger partial charge is 0.308 e. The van der Waals surface area contributed by atoms with Crippen molar-refractivity contribution in [3.05, 3.63) is 0 Å². The molecular formula is C5H9F2N. The van der Waals surface area contributed by atoms with E-state index in [0.29, 0.717) is 13.0 Å². The van der Waals surface area contributed by atoms with E-state index < -0.39 is 12.8 Å². The lowest BCUT2D eigenvalue weighted by atomic mass is 10.2. The fourth-order valence-electron chi connectivity index (χ4n) is 0.887. The summed E-state index contributed by atoms with van der Waals surface area (Å²) in [6.45, 7) is -0.116. The van der Waals surface area contributed by atoms with Gasteiger partial charge in [-0.25, -0.2) is 8.78 Å². The van der Waals surface area contributed by atoms with Crippen molar-refractivity contribution in [3.63, 3.8) is 0 Å². The van der Waals surface area contributed by atoms with Crippen molar-refractivity contribution in [3.8, 4) is 0 Å². The molecule has 1 saturated heterocycles. The predicted octanol–water partition coefficient (Wildman–Crippen LogP) is 0.656. The highest BCUT2D eigenvalue weighted by Crippen LogP contribution is 2.09. The molecular weight excluding hydrogens is 112 g/mol. The maximum Gasteiger partial charge on any atom is 0.114 e. The van der Waals surface area contributed by atoms with Crippen molar-refractivity contribution in [2.45, 2.75) is 18.6 Å². The first-order valence-corrected chi connectivity index (χ1v) is 2.76. The van der Waals surface area contributed by atoms with Gasteiger partial charge in [0, 0.05) is 12.6 Å². The molecule has 0 aliphatic carbocycles. The Kier molecular flexibility index (Phi) is 1.78. The Morgan fingerprint density at radius 3 is 2.62 bits per heavy atom. The summed E-state index contributed by atoms with van der Waals surface area (Å²) < 4.78 is 23.8. The maximum absolute atomic E-state index is 12.1. The van der Waals surface area contributed by atoms with Gasteiger partial charge in [0.25, 0.3) is 0 Å². The molecule has 0 aromatic carbocycles. The Morgan fingerprint density at radius 1 is 1.62 bits per heavy atom. The van der Waals surface area contributed by atoms with Crippen LogP contribution in [0, 0.1) is 0 Å². The molecule has 1 aliphatic heterocycles. The molecule has 1 nitrogen and oxygen atoms in total. The number of alkyl halides is 2. The van der Waals surface area contributed by atoms with Crippen molar-refractivity contribution in [1.82, 2.24) is 5.32 Å². The van der Waals surface area contributed by atoms with E-state index in [0.717, 1.165) is 0 Å². The molecule has 1 aliphatic rings. The maximum atomic E-state index is 12.1. The zero-order valence-electron chi connectivity index (χ0n) is 4.53. The Labute approximate surface area is 47.1 Å². The zero-order valence-corrected chi connectivity index (χ0v) is 4.53. The molecule has 48 valence electrons. The summed E-state index contributed by atoms with van der Waals surface area (Å²) in [7, 11) is 0. The Hall–Kier alpha value is -0.180. The third-order valence-corrected chi connectivity index (χ3v) is 1.35. The number of nitrogens with one attached hydrogen (secondary N) is 1. The van der Waals surface area contributed by atoms with Crippen LogP contribution in [0.4, 0.5) is 8.78 Å². The van der Waals surface area contributed by atoms with Gasteiger partial charge in [0.1, 0.15) is 12.8 Å². The molecule has 0 unspecified atom stereocenters. The molecule has 1 N–H and O–H groups in total. The van der Waals surface area contributed by atoms with Crippen LogP contribution in [0.5, 0.6) is 0 Å². The van der Waals surface area contributed by atoms with E-state index in [2.05, 4.69) is 5.32 Å². The molecule has 0 bridgehead atoms. The first-order chi connectivity index (χ1) is 3.83. The fourth-order valence-corrected chi connectivity index (χ4v) is 0.887. The van der Waals surface area contributed by atoms with Crippen molar-refractivity contribution >= 4 is 0 Å². The van der Waals surface area contributed by atoms with Gasteiger partial charge < -0.3 is 5.32 Å². The third-order valence-electron chi connectivity index (χ3n) is 1.35. The molecule has 1 heterocycles. The van der Waals surface area contributed by atoms with Crippen molar-refractivity contribution in [2.75, 3.05) is 13.2 Å². The number of halogens is 2. The van der Waals surface area contributed by atoms with Gasteiger partial charge >= 0.3 is 0 Å². The summed E-state index contributed by atoms with van der Waals surface area (Å²) in [5, 5.41) is 2.71. The van der Waals surface area contributed by atoms with Gasteiger partial charge in [-0.3, -0.25) is 0 Å². The molecule has 8 heavy (non-hydrogen) atoms. The number of hydrogen-bond acceptors (Lipinski definition) is 1. The molecule has 0 radical (unpaired) electrons. The van der Waals surface area contributed by atoms with Gasteiger partial charge in [0.05, 0.1) is 0 Å². The summed E-state index contributed by atoms with van der Waals surface area (Å²) in [4.78, 5) is 0. The highest BCUT2D eigenvalue weighted by Gasteiger charge is 2.22. The van der Waals surface area contributed by atoms with Gasteiger partial charge in [-0.1, -0.05) is 0 Å². The minimum absolute atomic E-state index is 0.218. The van der Waals surface area contributed by atoms with Crippen LogP contribution in [0.15, 0.2) is 0 Å². The molecule has 0 amide bonds. The molecule has 1 fully saturated rings. The quantitative estimate of drug-likeness (QED) is 0.537. The van der Waals surface area contributed by atoms with Crippen molar-refractivity contribution in [1.29, 1.82) is 0 Å². The van der Waals surface area contributed by atoms with Gasteiger partial charge in [0.2, 0.25) is 0 Å². The lowest BCUT2D eigenvalue weighted by molar-refractivity contribution is 0.341. The van der Waals surface area contributed by atoms with Crippen LogP contribution in [0.25, 0.3) is 0 Å². The monoisotopic (exact) mass is 121 g/mol. The standard InChI is InChI=1S/C5H9F2N/c6-2-5-1-4(7)3-8-5/h4-5,8H,1-3H2/t4-,5-/m0/s1. The van der Waals surface area contributed by atoms with E-state index in [9.17, 15) is 8.78 Å². The third kappa shape index (κ3) is 1.15. The zero-order chi connectivity index (χ0) is 5.98. The summed E-state index contributed by atoms with van der Waals surface area (Å²) in [6.07, 6.45) is -0.480. The van der Waals surface area contributed by atoms with Crippen LogP contribution < -0.4 is 5.32 Å². The van der Waals surface area contributed by atoms with Gasteiger partial charge in [-0.05, 0) is 6.42 Å². The van der Waals surface area contributed by atoms with E-state index >= 15 is 0 Å². The normalized spacial score (nSPS) is 38.2. The smallest absolute Gasteiger partial charge is 0.114 e. The second-order valence-corrected chi connectivity index (χ2v) is 2.09. The number of rotatable bonds is 1. The molecule has 0 saturated carbocycles. The summed E-state index contributed by atoms with van der Waals surface area (Å²) >= 11 is 0. The van der Waals surface area contributed by atoms with Crippen molar-refractivity contribution in [2.24, 2.45) is 0 Å². The lowest BCUT2D eigenvalue weighted by Crippen LogP contribution is -2.22. The average Bonchev–Trinajstić information content (AvgIpc) is 2.14. The summed E-state index contributed by atoms with van der Waals surface area (Å²) in [5.74, 6) is 0. The van der Waals surface area contributed by atoms with Crippen molar-refractivity contribution < 1.29 is 8.78 Å². The van der Waals surface area contributed by atoms with Crippen LogP contribution in [-0.2, 0) is 0 Å². The average molecular weight is 121 g/mol. The fraction of sp³-hybridized carbons (Fsp3) is 1.00. The minimum Gasteiger partial charge on any atom is -0.308 e. The Balaban J connectivity index is 2.22. The molecule has 1 rings (SSSR count). The van der Waals surface area contributed by atoms with E-state index in [4.69, 9.17) is 0 Å². The van der Waals surface area contributed by atoms with Gasteiger partial charge in [0.15, 0.2) is 0 Å². The lowest BCUT2D eigenvalue weighted by Gasteiger charge is -1.99. The van der Waals surface area contributed by atoms with Gasteiger partial charge in [-0.2, -0.15) is 0 Å². The minimum atomic E-state index is -0.823. The van der Waals surface area contributed by atoms with Crippen LogP contribution >= 0.6 is 0 Å². The van der Waals surface area contributed by atoms with E-state index in [1.165, 1.54) is 0 Å². The summed E-state index contributed by atoms with van der Waals surface area (Å²) in [6, 6.07) is -0.218. The van der Waals surface area contributed by atoms with Crippen LogP contribution in [0.2, 0.25) is 0 Å². The highest BCUT2D eigenvalue weighted by atomic mass is 19.1. The molecule has 3 heteroatoms. The topological polar surface area (TPSA) is 12.0 Å². The molecule has 0 spiro atoms. The van der Waals surface area contributed by atoms with E-state index in [1.807, 2.05) is 0 Å². The SMILES string of the molecule is FC[C@@H]1C[C@H](F)CN1. The second kappa shape index (κ2) is 2.40. The Bertz CT molecular complexity index is 76.8. The summed E-state index contributed by atoms with van der Waals surface area (Å²) in [5.41, 5.74) is 0. The highest BCUT2D eigenvalue weighted by molar-refractivity contribution is 4.80. The van der Waals surface area contributed by atoms with Crippen LogP contribution in [0.3, 0.4) is 0 Å². The van der Waals surface area contributed by atoms with E-state index in [-0.39, 0.29) is 6.04 Å².